The number of benzene rings is 3. The Morgan fingerprint density at radius 3 is 1.18 bits per heavy atom. The lowest BCUT2D eigenvalue weighted by Gasteiger charge is -2.52. The van der Waals surface area contributed by atoms with Crippen LogP contribution in [0, 0.1) is 44.4 Å². The van der Waals surface area contributed by atoms with Crippen molar-refractivity contribution in [2.24, 2.45) is 23.7 Å². The minimum absolute atomic E-state index is 0.116. The van der Waals surface area contributed by atoms with E-state index in [9.17, 15) is 0 Å². The van der Waals surface area contributed by atoms with Gasteiger partial charge < -0.3 is 4.57 Å². The minimum atomic E-state index is -3.78. The molecule has 0 bridgehead atoms. The molecule has 0 aliphatic carbocycles. The smallest absolute Gasteiger partial charge is 0.230 e. The molecule has 312 valence electrons. The highest BCUT2D eigenvalue weighted by atomic mass is 31.2. The Bertz CT molecular complexity index is 1750. The maximum atomic E-state index is 15.9. The SMILES string of the molecule is Cc1c(CN(C(C)(C)CC(C)C)C(C)(C)CC(C)C)c(C)c(C(=O)P(=O)(c2ccccc2)c2ccccc2)c(C)c1CN(C(C)(C)CC(C)C)C(C)(C)C(C)C. The first-order valence-corrected chi connectivity index (χ1v) is 23.3. The van der Waals surface area contributed by atoms with Crippen molar-refractivity contribution in [3.63, 3.8) is 0 Å². The molecule has 0 radical (unpaired) electrons. The Kier molecular flexibility index (Phi) is 15.5. The Hall–Kier alpha value is -2.52. The van der Waals surface area contributed by atoms with E-state index in [4.69, 9.17) is 0 Å². The van der Waals surface area contributed by atoms with Crippen molar-refractivity contribution >= 4 is 23.3 Å². The van der Waals surface area contributed by atoms with Gasteiger partial charge in [0, 0.05) is 51.4 Å². The van der Waals surface area contributed by atoms with Crippen LogP contribution in [0.15, 0.2) is 60.7 Å². The normalized spacial score (nSPS) is 13.7. The van der Waals surface area contributed by atoms with Gasteiger partial charge in [-0.2, -0.15) is 0 Å². The van der Waals surface area contributed by atoms with E-state index in [0.717, 1.165) is 30.4 Å². The number of hydrogen-bond acceptors (Lipinski definition) is 4. The molecule has 0 aliphatic rings. The van der Waals surface area contributed by atoms with Crippen LogP contribution in [0.3, 0.4) is 0 Å². The zero-order chi connectivity index (χ0) is 42.8. The van der Waals surface area contributed by atoms with E-state index in [1.165, 1.54) is 16.7 Å². The second kappa shape index (κ2) is 18.2. The Labute approximate surface area is 345 Å². The van der Waals surface area contributed by atoms with Crippen molar-refractivity contribution in [3.8, 4) is 0 Å². The fourth-order valence-electron chi connectivity index (χ4n) is 10.3. The van der Waals surface area contributed by atoms with E-state index < -0.39 is 7.14 Å². The van der Waals surface area contributed by atoms with Gasteiger partial charge in [-0.3, -0.25) is 14.6 Å². The minimum Gasteiger partial charge on any atom is -0.305 e. The van der Waals surface area contributed by atoms with Crippen LogP contribution in [0.5, 0.6) is 0 Å². The molecule has 4 nitrogen and oxygen atoms in total. The molecule has 0 saturated carbocycles. The van der Waals surface area contributed by atoms with Gasteiger partial charge in [0.25, 0.3) is 0 Å². The molecule has 56 heavy (non-hydrogen) atoms. The number of rotatable bonds is 19. The average Bonchev–Trinajstić information content (AvgIpc) is 3.06. The molecule has 5 heteroatoms. The molecular formula is C51H81N2O2P. The number of carbonyl (C=O) groups is 1. The highest BCUT2D eigenvalue weighted by Gasteiger charge is 2.44. The lowest BCUT2D eigenvalue weighted by Crippen LogP contribution is -2.58. The third-order valence-corrected chi connectivity index (χ3v) is 15.8. The summed E-state index contributed by atoms with van der Waals surface area (Å²) in [7, 11) is -3.78. The molecule has 0 saturated heterocycles. The average molecular weight is 785 g/mol. The van der Waals surface area contributed by atoms with Gasteiger partial charge >= 0.3 is 0 Å². The van der Waals surface area contributed by atoms with Crippen molar-refractivity contribution in [1.82, 2.24) is 9.80 Å². The van der Waals surface area contributed by atoms with Gasteiger partial charge in [0.15, 0.2) is 0 Å². The number of carbonyl (C=O) groups excluding carboxylic acids is 1. The van der Waals surface area contributed by atoms with E-state index in [0.29, 0.717) is 52.9 Å². The van der Waals surface area contributed by atoms with Gasteiger partial charge in [-0.05, 0) is 147 Å². The molecular weight excluding hydrogens is 704 g/mol. The molecule has 0 atom stereocenters. The van der Waals surface area contributed by atoms with Gasteiger partial charge in [-0.1, -0.05) is 116 Å². The summed E-state index contributed by atoms with van der Waals surface area (Å²) in [6.07, 6.45) is 3.14. The van der Waals surface area contributed by atoms with Crippen LogP contribution < -0.4 is 10.6 Å². The van der Waals surface area contributed by atoms with Gasteiger partial charge in [0.05, 0.1) is 0 Å². The largest absolute Gasteiger partial charge is 0.305 e. The molecule has 3 aromatic carbocycles. The lowest BCUT2D eigenvalue weighted by molar-refractivity contribution is -0.0293. The molecule has 0 fully saturated rings. The van der Waals surface area contributed by atoms with E-state index in [1.807, 2.05) is 60.7 Å². The summed E-state index contributed by atoms with van der Waals surface area (Å²) < 4.78 is 15.9. The molecule has 0 amide bonds. The summed E-state index contributed by atoms with van der Waals surface area (Å²) in [5.41, 5.74) is 5.43. The maximum Gasteiger partial charge on any atom is 0.230 e. The van der Waals surface area contributed by atoms with Crippen molar-refractivity contribution in [1.29, 1.82) is 0 Å². The second-order valence-corrected chi connectivity index (χ2v) is 23.7. The van der Waals surface area contributed by atoms with Crippen molar-refractivity contribution in [2.45, 2.75) is 186 Å². The predicted molar refractivity (Wildman–Crippen MR) is 245 cm³/mol. The fraction of sp³-hybridized carbons (Fsp3) is 0.627. The molecule has 0 aliphatic heterocycles. The third kappa shape index (κ3) is 10.4. The zero-order valence-electron chi connectivity index (χ0n) is 39.3. The molecule has 0 aromatic heterocycles. The summed E-state index contributed by atoms with van der Waals surface area (Å²) in [6.45, 7) is 45.7. The lowest BCUT2D eigenvalue weighted by atomic mass is 9.79. The van der Waals surface area contributed by atoms with Gasteiger partial charge in [-0.15, -0.1) is 0 Å². The van der Waals surface area contributed by atoms with Gasteiger partial charge in [0.1, 0.15) is 0 Å². The van der Waals surface area contributed by atoms with Crippen LogP contribution in [0.4, 0.5) is 0 Å². The van der Waals surface area contributed by atoms with Gasteiger partial charge in [0.2, 0.25) is 12.7 Å². The standard InChI is InChI=1S/C51H81N2O2P/c1-35(2)30-48(12,13)52(49(14,15)31-36(3)4)33-44-39(9)45(34-53(51(18,19)38(7)8)50(16,17)32-37(5)6)41(11)46(40(44)10)47(54)56(55,42-26-22-20-23-27-42)43-28-24-21-25-29-43/h20-29,35-38H,30-34H2,1-19H3. The Morgan fingerprint density at radius 2 is 0.857 bits per heavy atom. The van der Waals surface area contributed by atoms with Crippen LogP contribution in [0.2, 0.25) is 0 Å². The van der Waals surface area contributed by atoms with Crippen molar-refractivity contribution in [3.05, 3.63) is 94.0 Å². The third-order valence-electron chi connectivity index (χ3n) is 13.0. The fourth-order valence-corrected chi connectivity index (χ4v) is 12.9. The van der Waals surface area contributed by atoms with Crippen LogP contribution >= 0.6 is 7.14 Å². The van der Waals surface area contributed by atoms with E-state index >= 15 is 9.36 Å². The zero-order valence-corrected chi connectivity index (χ0v) is 40.2. The molecule has 0 unspecified atom stereocenters. The number of nitrogens with zero attached hydrogens (tertiary/aromatic N) is 2. The summed E-state index contributed by atoms with van der Waals surface area (Å²) >= 11 is 0. The van der Waals surface area contributed by atoms with Crippen LogP contribution in [0.25, 0.3) is 0 Å². The molecule has 0 N–H and O–H groups in total. The van der Waals surface area contributed by atoms with Crippen molar-refractivity contribution in [2.75, 3.05) is 0 Å². The Morgan fingerprint density at radius 1 is 0.536 bits per heavy atom. The molecule has 0 spiro atoms. The van der Waals surface area contributed by atoms with Crippen LogP contribution in [-0.4, -0.2) is 37.5 Å². The van der Waals surface area contributed by atoms with Gasteiger partial charge in [-0.25, -0.2) is 0 Å². The summed E-state index contributed by atoms with van der Waals surface area (Å²) in [5, 5.41) is 1.16. The van der Waals surface area contributed by atoms with Crippen molar-refractivity contribution < 1.29 is 9.36 Å². The summed E-state index contributed by atoms with van der Waals surface area (Å²) in [4.78, 5) is 21.2. The van der Waals surface area contributed by atoms with E-state index in [-0.39, 0.29) is 27.7 Å². The highest BCUT2D eigenvalue weighted by Crippen LogP contribution is 2.50. The maximum absolute atomic E-state index is 15.9. The van der Waals surface area contributed by atoms with Crippen LogP contribution in [0.1, 0.15) is 168 Å². The predicted octanol–water partition coefficient (Wildman–Crippen LogP) is 13.3. The van der Waals surface area contributed by atoms with E-state index in [1.54, 1.807) is 0 Å². The summed E-state index contributed by atoms with van der Waals surface area (Å²) in [5.74, 6) is 1.95. The number of hydrogen-bond donors (Lipinski definition) is 0. The summed E-state index contributed by atoms with van der Waals surface area (Å²) in [6, 6.07) is 19.0. The highest BCUT2D eigenvalue weighted by molar-refractivity contribution is 7.93. The second-order valence-electron chi connectivity index (χ2n) is 21.0. The molecule has 0 heterocycles. The quantitative estimate of drug-likeness (QED) is 0.114. The topological polar surface area (TPSA) is 40.6 Å². The first-order chi connectivity index (χ1) is 25.6. The first-order valence-electron chi connectivity index (χ1n) is 21.6. The van der Waals surface area contributed by atoms with E-state index in [2.05, 4.69) is 141 Å². The monoisotopic (exact) mass is 785 g/mol. The molecule has 3 aromatic rings. The Balaban J connectivity index is 2.56. The van der Waals surface area contributed by atoms with Crippen LogP contribution in [-0.2, 0) is 17.7 Å². The first kappa shape index (κ1) is 47.9. The molecule has 3 rings (SSSR count).